The van der Waals surface area contributed by atoms with Crippen LogP contribution in [0.5, 0.6) is 5.75 Å². The highest BCUT2D eigenvalue weighted by Gasteiger charge is 2.42. The van der Waals surface area contributed by atoms with Crippen LogP contribution in [0.1, 0.15) is 48.6 Å². The SMILES string of the molecule is CCN(CC)c1ccc(-n2c(C)cc([C@@H]3[C@H](c4ccccn4)NC(=S)N3c3ccc(OC)cc3)c2C)cc1. The van der Waals surface area contributed by atoms with Gasteiger partial charge in [0.15, 0.2) is 5.11 Å². The minimum absolute atomic E-state index is 0.0688. The minimum atomic E-state index is -0.0928. The Labute approximate surface area is 230 Å². The van der Waals surface area contributed by atoms with Crippen molar-refractivity contribution in [2.75, 3.05) is 30.0 Å². The van der Waals surface area contributed by atoms with E-state index in [1.165, 1.54) is 22.6 Å². The maximum atomic E-state index is 5.92. The number of nitrogens with zero attached hydrogens (tertiary/aromatic N) is 4. The fourth-order valence-electron chi connectivity index (χ4n) is 5.58. The molecular formula is C31H35N5OS. The predicted molar refractivity (Wildman–Crippen MR) is 160 cm³/mol. The van der Waals surface area contributed by atoms with Gasteiger partial charge >= 0.3 is 0 Å². The molecule has 0 spiro atoms. The van der Waals surface area contributed by atoms with Crippen LogP contribution in [-0.2, 0) is 0 Å². The lowest BCUT2D eigenvalue weighted by molar-refractivity contribution is 0.415. The number of methoxy groups -OCH3 is 1. The highest BCUT2D eigenvalue weighted by Crippen LogP contribution is 2.44. The van der Waals surface area contributed by atoms with Gasteiger partial charge in [-0.1, -0.05) is 6.07 Å². The standard InChI is InChI=1S/C31H35N5OS/c1-6-34(7-2)23-11-13-24(14-12-23)35-21(3)20-27(22(35)4)30-29(28-10-8-9-19-32-28)33-31(38)36(30)25-15-17-26(37-5)18-16-25/h8-20,29-30H,6-7H2,1-5H3,(H,33,38)/t29-,30+/m0/s1. The molecule has 0 amide bonds. The van der Waals surface area contributed by atoms with Crippen molar-refractivity contribution in [3.8, 4) is 11.4 Å². The van der Waals surface area contributed by atoms with E-state index in [2.05, 4.69) is 95.9 Å². The zero-order valence-corrected chi connectivity index (χ0v) is 23.5. The summed E-state index contributed by atoms with van der Waals surface area (Å²) in [6.07, 6.45) is 1.84. The van der Waals surface area contributed by atoms with Crippen LogP contribution in [0.25, 0.3) is 5.69 Å². The fraction of sp³-hybridized carbons (Fsp3) is 0.290. The monoisotopic (exact) mass is 525 g/mol. The zero-order chi connectivity index (χ0) is 26.8. The van der Waals surface area contributed by atoms with Crippen LogP contribution in [-0.4, -0.2) is 34.9 Å². The van der Waals surface area contributed by atoms with Crippen LogP contribution in [0.15, 0.2) is 79.0 Å². The molecule has 0 radical (unpaired) electrons. The molecule has 3 heterocycles. The summed E-state index contributed by atoms with van der Waals surface area (Å²) in [5, 5.41) is 4.26. The highest BCUT2D eigenvalue weighted by atomic mass is 32.1. The van der Waals surface area contributed by atoms with E-state index in [9.17, 15) is 0 Å². The molecule has 1 saturated heterocycles. The molecule has 2 aromatic heterocycles. The average Bonchev–Trinajstić information content (AvgIpc) is 3.45. The van der Waals surface area contributed by atoms with Crippen molar-refractivity contribution in [2.45, 2.75) is 39.8 Å². The van der Waals surface area contributed by atoms with Gasteiger partial charge in [-0.25, -0.2) is 0 Å². The van der Waals surface area contributed by atoms with E-state index in [1.807, 2.05) is 30.5 Å². The summed E-state index contributed by atoms with van der Waals surface area (Å²) in [5.74, 6) is 0.816. The van der Waals surface area contributed by atoms with Gasteiger partial charge in [-0.2, -0.15) is 0 Å². The number of hydrogen-bond donors (Lipinski definition) is 1. The molecule has 38 heavy (non-hydrogen) atoms. The normalized spacial score (nSPS) is 17.0. The molecule has 5 rings (SSSR count). The Morgan fingerprint density at radius 2 is 1.63 bits per heavy atom. The summed E-state index contributed by atoms with van der Waals surface area (Å²) in [4.78, 5) is 9.28. The second-order valence-electron chi connectivity index (χ2n) is 9.55. The van der Waals surface area contributed by atoms with Crippen LogP contribution in [0.2, 0.25) is 0 Å². The lowest BCUT2D eigenvalue weighted by Crippen LogP contribution is -2.29. The number of thiocarbonyl (C=S) groups is 1. The Balaban J connectivity index is 1.60. The molecule has 1 N–H and O–H groups in total. The van der Waals surface area contributed by atoms with Gasteiger partial charge in [-0.05, 0) is 112 Å². The second kappa shape index (κ2) is 10.9. The van der Waals surface area contributed by atoms with Crippen molar-refractivity contribution in [1.29, 1.82) is 0 Å². The number of aromatic nitrogens is 2. The maximum absolute atomic E-state index is 5.92. The molecular weight excluding hydrogens is 490 g/mol. The lowest BCUT2D eigenvalue weighted by atomic mass is 9.96. The van der Waals surface area contributed by atoms with Crippen molar-refractivity contribution in [2.24, 2.45) is 0 Å². The quantitative estimate of drug-likeness (QED) is 0.264. The number of anilines is 2. The fourth-order valence-corrected chi connectivity index (χ4v) is 5.92. The van der Waals surface area contributed by atoms with Crippen molar-refractivity contribution >= 4 is 28.7 Å². The van der Waals surface area contributed by atoms with Crippen LogP contribution >= 0.6 is 12.2 Å². The minimum Gasteiger partial charge on any atom is -0.497 e. The van der Waals surface area contributed by atoms with Crippen LogP contribution < -0.4 is 19.9 Å². The third-order valence-corrected chi connectivity index (χ3v) is 7.79. The molecule has 0 aliphatic carbocycles. The number of pyridine rings is 1. The van der Waals surface area contributed by atoms with E-state index in [-0.39, 0.29) is 12.1 Å². The Morgan fingerprint density at radius 1 is 0.947 bits per heavy atom. The number of rotatable bonds is 8. The number of hydrogen-bond acceptors (Lipinski definition) is 4. The van der Waals surface area contributed by atoms with E-state index in [4.69, 9.17) is 21.9 Å². The van der Waals surface area contributed by atoms with Gasteiger partial charge in [0.25, 0.3) is 0 Å². The summed E-state index contributed by atoms with van der Waals surface area (Å²) in [6.45, 7) is 10.7. The summed E-state index contributed by atoms with van der Waals surface area (Å²) in [5.41, 5.74) is 7.96. The summed E-state index contributed by atoms with van der Waals surface area (Å²) < 4.78 is 7.74. The molecule has 0 unspecified atom stereocenters. The first-order valence-corrected chi connectivity index (χ1v) is 13.6. The van der Waals surface area contributed by atoms with Gasteiger partial charge in [0.1, 0.15) is 5.75 Å². The van der Waals surface area contributed by atoms with Gasteiger partial charge in [-0.3, -0.25) is 4.98 Å². The van der Waals surface area contributed by atoms with Crippen LogP contribution in [0.3, 0.4) is 0 Å². The molecule has 6 nitrogen and oxygen atoms in total. The molecule has 196 valence electrons. The van der Waals surface area contributed by atoms with Crippen LogP contribution in [0, 0.1) is 13.8 Å². The van der Waals surface area contributed by atoms with E-state index >= 15 is 0 Å². The third-order valence-electron chi connectivity index (χ3n) is 7.47. The van der Waals surface area contributed by atoms with Gasteiger partial charge in [-0.15, -0.1) is 0 Å². The van der Waals surface area contributed by atoms with Gasteiger partial charge in [0, 0.05) is 47.7 Å². The largest absolute Gasteiger partial charge is 0.497 e. The molecule has 1 fully saturated rings. The number of ether oxygens (including phenoxy) is 1. The van der Waals surface area contributed by atoms with E-state index in [0.29, 0.717) is 5.11 Å². The first kappa shape index (κ1) is 25.8. The van der Waals surface area contributed by atoms with E-state index in [0.717, 1.165) is 35.9 Å². The Bertz CT molecular complexity index is 1390. The first-order chi connectivity index (χ1) is 18.5. The smallest absolute Gasteiger partial charge is 0.174 e. The molecule has 0 bridgehead atoms. The van der Waals surface area contributed by atoms with E-state index in [1.54, 1.807) is 7.11 Å². The van der Waals surface area contributed by atoms with E-state index < -0.39 is 0 Å². The molecule has 2 aromatic carbocycles. The summed E-state index contributed by atoms with van der Waals surface area (Å²) in [6, 6.07) is 25.1. The first-order valence-electron chi connectivity index (χ1n) is 13.2. The lowest BCUT2D eigenvalue weighted by Gasteiger charge is -2.28. The second-order valence-corrected chi connectivity index (χ2v) is 9.93. The molecule has 1 aliphatic heterocycles. The van der Waals surface area contributed by atoms with Crippen molar-refractivity contribution < 1.29 is 4.74 Å². The third kappa shape index (κ3) is 4.63. The van der Waals surface area contributed by atoms with Crippen molar-refractivity contribution in [3.63, 3.8) is 0 Å². The average molecular weight is 526 g/mol. The molecule has 0 saturated carbocycles. The molecule has 1 aliphatic rings. The molecule has 7 heteroatoms. The van der Waals surface area contributed by atoms with Crippen molar-refractivity contribution in [1.82, 2.24) is 14.9 Å². The van der Waals surface area contributed by atoms with Crippen molar-refractivity contribution in [3.05, 3.63) is 102 Å². The maximum Gasteiger partial charge on any atom is 0.174 e. The Kier molecular flexibility index (Phi) is 7.38. The van der Waals surface area contributed by atoms with Crippen LogP contribution in [0.4, 0.5) is 11.4 Å². The van der Waals surface area contributed by atoms with Gasteiger partial charge < -0.3 is 24.4 Å². The summed E-state index contributed by atoms with van der Waals surface area (Å²) >= 11 is 5.92. The Morgan fingerprint density at radius 3 is 2.24 bits per heavy atom. The predicted octanol–water partition coefficient (Wildman–Crippen LogP) is 6.52. The number of nitrogens with one attached hydrogen (secondary N) is 1. The number of aryl methyl sites for hydroxylation is 1. The Hall–Kier alpha value is -3.84. The van der Waals surface area contributed by atoms with Gasteiger partial charge in [0.2, 0.25) is 0 Å². The highest BCUT2D eigenvalue weighted by molar-refractivity contribution is 7.80. The van der Waals surface area contributed by atoms with Gasteiger partial charge in [0.05, 0.1) is 24.9 Å². The topological polar surface area (TPSA) is 45.6 Å². The summed E-state index contributed by atoms with van der Waals surface area (Å²) in [7, 11) is 1.68. The number of benzene rings is 2. The zero-order valence-electron chi connectivity index (χ0n) is 22.7. The molecule has 4 aromatic rings. The molecule has 2 atom stereocenters.